The number of benzene rings is 2. The van der Waals surface area contributed by atoms with Gasteiger partial charge in [-0.1, -0.05) is 71.0 Å². The molecule has 3 aromatic rings. The zero-order valence-electron chi connectivity index (χ0n) is 19.3. The Morgan fingerprint density at radius 1 is 1.31 bits per heavy atom. The standard InChI is InChI=1S/C25H24BrClN4O3S/c1-4-12-33-23(32)21-15(3)28-24-29-25(35-5-2)30-31(24)22(21)19-13-17(26)8-11-20(19)34-14-16-6-9-18(27)10-7-16/h4,6-11,13,22H,1,5,12,14H2,2-3H3,(H,28,29,30). The van der Waals surface area contributed by atoms with Gasteiger partial charge in [-0.3, -0.25) is 0 Å². The summed E-state index contributed by atoms with van der Waals surface area (Å²) in [6.07, 6.45) is 1.54. The Bertz CT molecular complexity index is 1280. The molecule has 0 saturated heterocycles. The lowest BCUT2D eigenvalue weighted by molar-refractivity contribution is -0.138. The van der Waals surface area contributed by atoms with E-state index in [0.717, 1.165) is 21.4 Å². The lowest BCUT2D eigenvalue weighted by Crippen LogP contribution is -2.30. The molecule has 1 atom stereocenters. The van der Waals surface area contributed by atoms with Crippen LogP contribution in [-0.4, -0.2) is 33.1 Å². The van der Waals surface area contributed by atoms with E-state index in [1.807, 2.05) is 56.3 Å². The van der Waals surface area contributed by atoms with E-state index in [1.54, 1.807) is 4.68 Å². The topological polar surface area (TPSA) is 78.3 Å². The number of hydrogen-bond acceptors (Lipinski definition) is 7. The quantitative estimate of drug-likeness (QED) is 0.180. The highest BCUT2D eigenvalue weighted by Crippen LogP contribution is 2.41. The number of thioether (sulfide) groups is 1. The highest BCUT2D eigenvalue weighted by molar-refractivity contribution is 9.10. The largest absolute Gasteiger partial charge is 0.489 e. The van der Waals surface area contributed by atoms with Crippen molar-refractivity contribution in [1.29, 1.82) is 0 Å². The average Bonchev–Trinajstić information content (AvgIpc) is 3.24. The molecule has 0 radical (unpaired) electrons. The van der Waals surface area contributed by atoms with Crippen molar-refractivity contribution in [2.24, 2.45) is 0 Å². The summed E-state index contributed by atoms with van der Waals surface area (Å²) >= 11 is 11.1. The molecule has 0 aliphatic carbocycles. The molecular formula is C25H24BrClN4O3S. The molecule has 0 amide bonds. The molecule has 0 fully saturated rings. The van der Waals surface area contributed by atoms with Gasteiger partial charge in [-0.25, -0.2) is 9.48 Å². The number of nitrogens with one attached hydrogen (secondary N) is 1. The fraction of sp³-hybridized carbons (Fsp3) is 0.240. The van der Waals surface area contributed by atoms with Gasteiger partial charge in [0.2, 0.25) is 11.1 Å². The van der Waals surface area contributed by atoms with Gasteiger partial charge in [-0.05, 0) is 48.6 Å². The minimum absolute atomic E-state index is 0.0991. The maximum absolute atomic E-state index is 13.2. The number of ether oxygens (including phenoxy) is 2. The first-order valence-electron chi connectivity index (χ1n) is 10.9. The van der Waals surface area contributed by atoms with Crippen molar-refractivity contribution in [3.8, 4) is 5.75 Å². The van der Waals surface area contributed by atoms with Crippen LogP contribution in [0.2, 0.25) is 5.02 Å². The molecule has 1 aliphatic heterocycles. The van der Waals surface area contributed by atoms with Crippen LogP contribution in [0.15, 0.2) is 76.0 Å². The van der Waals surface area contributed by atoms with E-state index >= 15 is 0 Å². The average molecular weight is 576 g/mol. The van der Waals surface area contributed by atoms with E-state index in [2.05, 4.69) is 32.8 Å². The Morgan fingerprint density at radius 2 is 2.09 bits per heavy atom. The molecule has 1 unspecified atom stereocenters. The van der Waals surface area contributed by atoms with E-state index < -0.39 is 12.0 Å². The summed E-state index contributed by atoms with van der Waals surface area (Å²) in [5.41, 5.74) is 2.78. The number of esters is 1. The molecule has 2 aromatic carbocycles. The van der Waals surface area contributed by atoms with E-state index in [0.29, 0.717) is 39.8 Å². The zero-order chi connectivity index (χ0) is 24.9. The molecular weight excluding hydrogens is 552 g/mol. The molecule has 0 saturated carbocycles. The third-order valence-corrected chi connectivity index (χ3v) is 6.70. The van der Waals surface area contributed by atoms with Crippen LogP contribution < -0.4 is 10.1 Å². The number of nitrogens with zero attached hydrogens (tertiary/aromatic N) is 3. The summed E-state index contributed by atoms with van der Waals surface area (Å²) in [6, 6.07) is 12.6. The van der Waals surface area contributed by atoms with Crippen LogP contribution in [-0.2, 0) is 16.1 Å². The summed E-state index contributed by atoms with van der Waals surface area (Å²) in [7, 11) is 0. The predicted molar refractivity (Wildman–Crippen MR) is 142 cm³/mol. The lowest BCUT2D eigenvalue weighted by Gasteiger charge is -2.29. The van der Waals surface area contributed by atoms with Gasteiger partial charge < -0.3 is 14.8 Å². The summed E-state index contributed by atoms with van der Waals surface area (Å²) < 4.78 is 14.2. The predicted octanol–water partition coefficient (Wildman–Crippen LogP) is 6.40. The van der Waals surface area contributed by atoms with Crippen LogP contribution >= 0.6 is 39.3 Å². The minimum Gasteiger partial charge on any atom is -0.489 e. The van der Waals surface area contributed by atoms with Crippen LogP contribution in [0.25, 0.3) is 0 Å². The summed E-state index contributed by atoms with van der Waals surface area (Å²) in [5, 5.41) is 9.19. The van der Waals surface area contributed by atoms with Gasteiger partial charge in [0.1, 0.15) is 25.0 Å². The Kier molecular flexibility index (Phi) is 8.20. The van der Waals surface area contributed by atoms with Crippen LogP contribution in [0.4, 0.5) is 5.95 Å². The molecule has 1 aliphatic rings. The van der Waals surface area contributed by atoms with Crippen molar-refractivity contribution in [2.75, 3.05) is 17.7 Å². The zero-order valence-corrected chi connectivity index (χ0v) is 22.4. The summed E-state index contributed by atoms with van der Waals surface area (Å²) in [6.45, 7) is 7.94. The van der Waals surface area contributed by atoms with Gasteiger partial charge in [0.05, 0.1) is 5.57 Å². The van der Waals surface area contributed by atoms with Crippen LogP contribution in [0.5, 0.6) is 5.75 Å². The number of hydrogen-bond donors (Lipinski definition) is 1. The van der Waals surface area contributed by atoms with Gasteiger partial charge >= 0.3 is 5.97 Å². The molecule has 7 nitrogen and oxygen atoms in total. The first-order valence-corrected chi connectivity index (χ1v) is 13.1. The number of anilines is 1. The minimum atomic E-state index is -0.611. The fourth-order valence-electron chi connectivity index (χ4n) is 3.69. The van der Waals surface area contributed by atoms with Crippen molar-refractivity contribution in [3.63, 3.8) is 0 Å². The Balaban J connectivity index is 1.79. The van der Waals surface area contributed by atoms with Gasteiger partial charge in [-0.15, -0.1) is 5.10 Å². The normalized spacial score (nSPS) is 14.8. The third kappa shape index (κ3) is 5.74. The van der Waals surface area contributed by atoms with E-state index in [1.165, 1.54) is 17.8 Å². The van der Waals surface area contributed by atoms with E-state index in [9.17, 15) is 4.79 Å². The summed E-state index contributed by atoms with van der Waals surface area (Å²) in [5.74, 6) is 1.52. The second kappa shape index (κ2) is 11.3. The number of allylic oxidation sites excluding steroid dienone is 1. The number of rotatable bonds is 9. The van der Waals surface area contributed by atoms with Gasteiger partial charge in [0.15, 0.2) is 0 Å². The van der Waals surface area contributed by atoms with Gasteiger partial charge in [0.25, 0.3) is 0 Å². The van der Waals surface area contributed by atoms with Crippen molar-refractivity contribution in [2.45, 2.75) is 31.7 Å². The maximum atomic E-state index is 13.2. The first-order chi connectivity index (χ1) is 16.9. The van der Waals surface area contributed by atoms with E-state index in [-0.39, 0.29) is 6.61 Å². The molecule has 1 N–H and O–H groups in total. The van der Waals surface area contributed by atoms with Crippen LogP contribution in [0.3, 0.4) is 0 Å². The highest BCUT2D eigenvalue weighted by Gasteiger charge is 2.37. The third-order valence-electron chi connectivity index (χ3n) is 5.23. The van der Waals surface area contributed by atoms with Gasteiger partial charge in [-0.2, -0.15) is 4.98 Å². The number of carbonyl (C=O) groups excluding carboxylic acids is 1. The smallest absolute Gasteiger partial charge is 0.338 e. The molecule has 0 bridgehead atoms. The number of carbonyl (C=O) groups is 1. The first kappa shape index (κ1) is 25.3. The molecule has 10 heteroatoms. The molecule has 182 valence electrons. The second-order valence-electron chi connectivity index (χ2n) is 7.65. The van der Waals surface area contributed by atoms with Crippen molar-refractivity contribution < 1.29 is 14.3 Å². The molecule has 1 aromatic heterocycles. The van der Waals surface area contributed by atoms with E-state index in [4.69, 9.17) is 26.2 Å². The second-order valence-corrected chi connectivity index (χ2v) is 10.2. The summed E-state index contributed by atoms with van der Waals surface area (Å²) in [4.78, 5) is 17.8. The van der Waals surface area contributed by atoms with Gasteiger partial charge in [0, 0.05) is 20.8 Å². The number of fused-ring (bicyclic) bond motifs is 1. The fourth-order valence-corrected chi connectivity index (χ4v) is 4.75. The van der Waals surface area contributed by atoms with Crippen molar-refractivity contribution in [1.82, 2.24) is 14.8 Å². The SMILES string of the molecule is C=CCOC(=O)C1=C(C)Nc2nc(SCC)nn2C1c1cc(Br)ccc1OCc1ccc(Cl)cc1. The monoisotopic (exact) mass is 574 g/mol. The Labute approximate surface area is 221 Å². The number of aromatic nitrogens is 3. The molecule has 4 rings (SSSR count). The Morgan fingerprint density at radius 3 is 2.80 bits per heavy atom. The van der Waals surface area contributed by atoms with Crippen LogP contribution in [0.1, 0.15) is 31.0 Å². The number of halogens is 2. The molecule has 2 heterocycles. The lowest BCUT2D eigenvalue weighted by atomic mass is 9.95. The van der Waals surface area contributed by atoms with Crippen molar-refractivity contribution in [3.05, 3.63) is 87.0 Å². The molecule has 0 spiro atoms. The molecule has 35 heavy (non-hydrogen) atoms. The Hall–Kier alpha value is -2.75. The van der Waals surface area contributed by atoms with Crippen molar-refractivity contribution >= 4 is 51.2 Å². The highest BCUT2D eigenvalue weighted by atomic mass is 79.9. The maximum Gasteiger partial charge on any atom is 0.338 e. The van der Waals surface area contributed by atoms with Crippen LogP contribution in [0, 0.1) is 0 Å².